The molecular weight excluding hydrogens is 292 g/mol. The molecule has 0 aromatic heterocycles. The first-order chi connectivity index (χ1) is 9.83. The van der Waals surface area contributed by atoms with Gasteiger partial charge in [0.25, 0.3) is 0 Å². The highest BCUT2D eigenvalue weighted by molar-refractivity contribution is 6.32. The van der Waals surface area contributed by atoms with E-state index >= 15 is 0 Å². The van der Waals surface area contributed by atoms with Gasteiger partial charge in [-0.3, -0.25) is 4.79 Å². The molecule has 1 aromatic rings. The number of hydrogen-bond acceptors (Lipinski definition) is 4. The van der Waals surface area contributed by atoms with Gasteiger partial charge in [0.05, 0.1) is 30.3 Å². The number of hydrogen-bond donors (Lipinski definition) is 0. The molecule has 0 atom stereocenters. The molecule has 21 heavy (non-hydrogen) atoms. The fraction of sp³-hybridized carbons (Fsp3) is 0.562. The van der Waals surface area contributed by atoms with Crippen LogP contribution in [-0.2, 0) is 16.0 Å². The Labute approximate surface area is 131 Å². The molecule has 0 spiro atoms. The standard InChI is InChI=1S/C16H23ClO4/c1-6-19-16(18)8-12-7-13(17)15(21-11(4)5)9-14(12)20-10(2)3/h7,9-11H,6,8H2,1-5H3. The molecule has 0 N–H and O–H groups in total. The Balaban J connectivity index is 3.09. The van der Waals surface area contributed by atoms with E-state index in [2.05, 4.69) is 0 Å². The van der Waals surface area contributed by atoms with Gasteiger partial charge < -0.3 is 14.2 Å². The van der Waals surface area contributed by atoms with E-state index in [-0.39, 0.29) is 24.6 Å². The van der Waals surface area contributed by atoms with E-state index in [0.29, 0.717) is 28.7 Å². The number of benzene rings is 1. The third-order valence-corrected chi connectivity index (χ3v) is 2.78. The topological polar surface area (TPSA) is 44.8 Å². The van der Waals surface area contributed by atoms with E-state index < -0.39 is 0 Å². The molecule has 0 amide bonds. The van der Waals surface area contributed by atoms with Crippen LogP contribution in [0.3, 0.4) is 0 Å². The lowest BCUT2D eigenvalue weighted by atomic mass is 10.1. The molecular formula is C16H23ClO4. The fourth-order valence-corrected chi connectivity index (χ4v) is 2.02. The van der Waals surface area contributed by atoms with E-state index in [1.54, 1.807) is 19.1 Å². The summed E-state index contributed by atoms with van der Waals surface area (Å²) in [5, 5.41) is 0.458. The van der Waals surface area contributed by atoms with Crippen LogP contribution in [-0.4, -0.2) is 24.8 Å². The summed E-state index contributed by atoms with van der Waals surface area (Å²) in [6, 6.07) is 3.44. The van der Waals surface area contributed by atoms with Crippen molar-refractivity contribution in [3.63, 3.8) is 0 Å². The molecule has 0 saturated heterocycles. The quantitative estimate of drug-likeness (QED) is 0.713. The highest BCUT2D eigenvalue weighted by atomic mass is 35.5. The van der Waals surface area contributed by atoms with Gasteiger partial charge in [-0.05, 0) is 40.7 Å². The number of ether oxygens (including phenoxy) is 3. The van der Waals surface area contributed by atoms with Crippen LogP contribution in [0.15, 0.2) is 12.1 Å². The Bertz CT molecular complexity index is 483. The molecule has 1 aromatic carbocycles. The Morgan fingerprint density at radius 3 is 2.19 bits per heavy atom. The number of rotatable bonds is 7. The van der Waals surface area contributed by atoms with Crippen LogP contribution in [0.4, 0.5) is 0 Å². The van der Waals surface area contributed by atoms with Gasteiger partial charge in [-0.25, -0.2) is 0 Å². The minimum Gasteiger partial charge on any atom is -0.491 e. The van der Waals surface area contributed by atoms with E-state index in [0.717, 1.165) is 0 Å². The Morgan fingerprint density at radius 1 is 1.10 bits per heavy atom. The highest BCUT2D eigenvalue weighted by Gasteiger charge is 2.16. The minimum absolute atomic E-state index is 0.00491. The molecule has 0 saturated carbocycles. The summed E-state index contributed by atoms with van der Waals surface area (Å²) in [4.78, 5) is 11.7. The van der Waals surface area contributed by atoms with Crippen LogP contribution in [0.5, 0.6) is 11.5 Å². The molecule has 1 rings (SSSR count). The van der Waals surface area contributed by atoms with Gasteiger partial charge in [-0.15, -0.1) is 0 Å². The lowest BCUT2D eigenvalue weighted by Gasteiger charge is -2.18. The summed E-state index contributed by atoms with van der Waals surface area (Å²) in [6.45, 7) is 9.81. The zero-order valence-corrected chi connectivity index (χ0v) is 14.0. The summed E-state index contributed by atoms with van der Waals surface area (Å²) >= 11 is 6.21. The average molecular weight is 315 g/mol. The fourth-order valence-electron chi connectivity index (χ4n) is 1.79. The molecule has 0 aliphatic heterocycles. The van der Waals surface area contributed by atoms with Crippen molar-refractivity contribution in [1.29, 1.82) is 0 Å². The second-order valence-electron chi connectivity index (χ2n) is 5.21. The van der Waals surface area contributed by atoms with Gasteiger partial charge >= 0.3 is 5.97 Å². The van der Waals surface area contributed by atoms with E-state index in [9.17, 15) is 4.79 Å². The average Bonchev–Trinajstić information content (AvgIpc) is 2.33. The zero-order valence-electron chi connectivity index (χ0n) is 13.2. The van der Waals surface area contributed by atoms with Crippen molar-refractivity contribution in [2.45, 2.75) is 53.2 Å². The monoisotopic (exact) mass is 314 g/mol. The van der Waals surface area contributed by atoms with Crippen molar-refractivity contribution in [3.05, 3.63) is 22.7 Å². The zero-order chi connectivity index (χ0) is 16.0. The van der Waals surface area contributed by atoms with Gasteiger partial charge in [0.2, 0.25) is 0 Å². The Hall–Kier alpha value is -1.42. The van der Waals surface area contributed by atoms with E-state index in [4.69, 9.17) is 25.8 Å². The predicted molar refractivity (Wildman–Crippen MR) is 83.3 cm³/mol. The van der Waals surface area contributed by atoms with Crippen LogP contribution < -0.4 is 9.47 Å². The third kappa shape index (κ3) is 5.84. The second kappa shape index (κ2) is 8.13. The van der Waals surface area contributed by atoms with E-state index in [1.165, 1.54) is 0 Å². The van der Waals surface area contributed by atoms with Gasteiger partial charge in [-0.1, -0.05) is 11.6 Å². The molecule has 0 aliphatic rings. The van der Waals surface area contributed by atoms with Crippen LogP contribution in [0.1, 0.15) is 40.2 Å². The summed E-state index contributed by atoms with van der Waals surface area (Å²) < 4.78 is 16.4. The number of halogens is 1. The predicted octanol–water partition coefficient (Wildman–Crippen LogP) is 4.02. The molecule has 0 radical (unpaired) electrons. The first-order valence-corrected chi connectivity index (χ1v) is 7.52. The molecule has 0 heterocycles. The first-order valence-electron chi connectivity index (χ1n) is 7.14. The molecule has 4 nitrogen and oxygen atoms in total. The maximum atomic E-state index is 11.7. The van der Waals surface area contributed by atoms with Gasteiger partial charge in [-0.2, -0.15) is 0 Å². The molecule has 0 bridgehead atoms. The molecule has 0 fully saturated rings. The number of carbonyl (C=O) groups excluding carboxylic acids is 1. The lowest BCUT2D eigenvalue weighted by molar-refractivity contribution is -0.142. The van der Waals surface area contributed by atoms with E-state index in [1.807, 2.05) is 27.7 Å². The normalized spacial score (nSPS) is 10.9. The molecule has 0 aliphatic carbocycles. The molecule has 0 unspecified atom stereocenters. The maximum absolute atomic E-state index is 11.7. The largest absolute Gasteiger partial charge is 0.491 e. The molecule has 5 heteroatoms. The summed E-state index contributed by atoms with van der Waals surface area (Å²) in [7, 11) is 0. The van der Waals surface area contributed by atoms with Crippen molar-refractivity contribution in [2.24, 2.45) is 0 Å². The van der Waals surface area contributed by atoms with Gasteiger partial charge in [0, 0.05) is 11.6 Å². The van der Waals surface area contributed by atoms with Crippen LogP contribution in [0.2, 0.25) is 5.02 Å². The Kier molecular flexibility index (Phi) is 6.82. The van der Waals surface area contributed by atoms with Crippen molar-refractivity contribution in [1.82, 2.24) is 0 Å². The number of carbonyl (C=O) groups is 1. The lowest BCUT2D eigenvalue weighted by Crippen LogP contribution is -2.13. The van der Waals surface area contributed by atoms with Crippen LogP contribution in [0, 0.1) is 0 Å². The third-order valence-electron chi connectivity index (χ3n) is 2.48. The first kappa shape index (κ1) is 17.6. The Morgan fingerprint density at radius 2 is 1.67 bits per heavy atom. The minimum atomic E-state index is -0.306. The van der Waals surface area contributed by atoms with Crippen LogP contribution in [0.25, 0.3) is 0 Å². The summed E-state index contributed by atoms with van der Waals surface area (Å²) in [6.07, 6.45) is 0.113. The van der Waals surface area contributed by atoms with Crippen molar-refractivity contribution >= 4 is 17.6 Å². The summed E-state index contributed by atoms with van der Waals surface area (Å²) in [5.41, 5.74) is 0.697. The number of esters is 1. The highest BCUT2D eigenvalue weighted by Crippen LogP contribution is 2.34. The molecule has 118 valence electrons. The van der Waals surface area contributed by atoms with Gasteiger partial charge in [0.15, 0.2) is 0 Å². The van der Waals surface area contributed by atoms with Crippen LogP contribution >= 0.6 is 11.6 Å². The smallest absolute Gasteiger partial charge is 0.310 e. The van der Waals surface area contributed by atoms with Crippen molar-refractivity contribution in [3.8, 4) is 11.5 Å². The second-order valence-corrected chi connectivity index (χ2v) is 5.61. The van der Waals surface area contributed by atoms with Crippen molar-refractivity contribution in [2.75, 3.05) is 6.61 Å². The van der Waals surface area contributed by atoms with Crippen molar-refractivity contribution < 1.29 is 19.0 Å². The maximum Gasteiger partial charge on any atom is 0.310 e. The summed E-state index contributed by atoms with van der Waals surface area (Å²) in [5.74, 6) is 0.840. The SMILES string of the molecule is CCOC(=O)Cc1cc(Cl)c(OC(C)C)cc1OC(C)C. The van der Waals surface area contributed by atoms with Gasteiger partial charge in [0.1, 0.15) is 11.5 Å².